The van der Waals surface area contributed by atoms with Crippen LogP contribution in [0.25, 0.3) is 11.5 Å². The fourth-order valence-corrected chi connectivity index (χ4v) is 4.46. The fourth-order valence-electron chi connectivity index (χ4n) is 3.39. The molecule has 0 saturated carbocycles. The largest absolute Gasteiger partial charge is 0.486 e. The van der Waals surface area contributed by atoms with Gasteiger partial charge in [0.05, 0.1) is 10.5 Å². The van der Waals surface area contributed by atoms with Crippen molar-refractivity contribution in [1.29, 1.82) is 0 Å². The van der Waals surface area contributed by atoms with Crippen LogP contribution in [0.5, 0.6) is 11.5 Å². The first-order valence-corrected chi connectivity index (χ1v) is 12.2. The number of carbonyl (C=O) groups is 1. The summed E-state index contributed by atoms with van der Waals surface area (Å²) in [5, 5.41) is 0. The van der Waals surface area contributed by atoms with Crippen LogP contribution >= 0.6 is 0 Å². The van der Waals surface area contributed by atoms with Crippen molar-refractivity contribution in [3.63, 3.8) is 0 Å². The number of benzene rings is 3. The number of hydrogen-bond acceptors (Lipinski definition) is 8. The smallest absolute Gasteiger partial charge is 0.338 e. The lowest BCUT2D eigenvalue weighted by atomic mass is 10.2. The Morgan fingerprint density at radius 2 is 1.69 bits per heavy atom. The summed E-state index contributed by atoms with van der Waals surface area (Å²) < 4.78 is 49.6. The molecule has 3 aromatic carbocycles. The van der Waals surface area contributed by atoms with Crippen LogP contribution in [0.15, 0.2) is 88.4 Å². The molecule has 2 heterocycles. The number of nitrogens with zero attached hydrogens (tertiary/aromatic N) is 1. The number of ether oxygens (including phenoxy) is 3. The van der Waals surface area contributed by atoms with Crippen LogP contribution in [0.3, 0.4) is 0 Å². The third-order valence-electron chi connectivity index (χ3n) is 5.12. The van der Waals surface area contributed by atoms with Crippen LogP contribution in [-0.2, 0) is 21.4 Å². The molecular formula is C25H20N2O7S. The molecule has 1 aromatic heterocycles. The van der Waals surface area contributed by atoms with E-state index < -0.39 is 16.0 Å². The van der Waals surface area contributed by atoms with E-state index in [9.17, 15) is 13.2 Å². The summed E-state index contributed by atoms with van der Waals surface area (Å²) in [6.45, 7) is 0.708. The van der Waals surface area contributed by atoms with Gasteiger partial charge in [0.2, 0.25) is 5.89 Å². The molecule has 0 saturated heterocycles. The zero-order chi connectivity index (χ0) is 24.3. The molecule has 0 amide bonds. The summed E-state index contributed by atoms with van der Waals surface area (Å²) in [6, 6.07) is 19.7. The van der Waals surface area contributed by atoms with Gasteiger partial charge in [-0.05, 0) is 48.5 Å². The molecule has 35 heavy (non-hydrogen) atoms. The van der Waals surface area contributed by atoms with Crippen molar-refractivity contribution < 1.29 is 31.8 Å². The summed E-state index contributed by atoms with van der Waals surface area (Å²) in [7, 11) is -3.87. The lowest BCUT2D eigenvalue weighted by Gasteiger charge is -2.19. The van der Waals surface area contributed by atoms with Gasteiger partial charge in [0.1, 0.15) is 31.8 Å². The number of sulfonamides is 1. The maximum Gasteiger partial charge on any atom is 0.338 e. The predicted molar refractivity (Wildman–Crippen MR) is 126 cm³/mol. The molecule has 5 rings (SSSR count). The number of esters is 1. The molecule has 0 bridgehead atoms. The Hall–Kier alpha value is -4.31. The Morgan fingerprint density at radius 1 is 0.943 bits per heavy atom. The molecule has 1 aliphatic heterocycles. The lowest BCUT2D eigenvalue weighted by molar-refractivity contribution is 0.0468. The van der Waals surface area contributed by atoms with Crippen molar-refractivity contribution in [1.82, 2.24) is 4.98 Å². The number of carbonyl (C=O) groups excluding carboxylic acids is 1. The Balaban J connectivity index is 1.20. The van der Waals surface area contributed by atoms with E-state index in [0.29, 0.717) is 42.0 Å². The van der Waals surface area contributed by atoms with Crippen molar-refractivity contribution in [3.05, 3.63) is 90.3 Å². The van der Waals surface area contributed by atoms with E-state index in [0.717, 1.165) is 5.56 Å². The summed E-state index contributed by atoms with van der Waals surface area (Å²) in [5.74, 6) is 0.738. The topological polar surface area (TPSA) is 117 Å². The molecule has 1 aliphatic rings. The number of aromatic nitrogens is 1. The van der Waals surface area contributed by atoms with E-state index in [-0.39, 0.29) is 17.1 Å². The highest BCUT2D eigenvalue weighted by Gasteiger charge is 2.20. The SMILES string of the molecule is O=C(OCc1coc(-c2ccccc2)n1)c1ccc(NS(=O)(=O)c2ccc3c(c2)OCCO3)cc1. The summed E-state index contributed by atoms with van der Waals surface area (Å²) >= 11 is 0. The number of oxazole rings is 1. The standard InChI is InChI=1S/C25H20N2O7S/c28-25(34-16-20-15-33-24(26-20)17-4-2-1-3-5-17)18-6-8-19(9-7-18)27-35(29,30)21-10-11-22-23(14-21)32-13-12-31-22/h1-11,14-15,27H,12-13,16H2. The molecule has 1 N–H and O–H groups in total. The van der Waals surface area contributed by atoms with Crippen molar-refractivity contribution >= 4 is 21.7 Å². The second-order valence-corrected chi connectivity index (χ2v) is 9.26. The van der Waals surface area contributed by atoms with Gasteiger partial charge in [-0.3, -0.25) is 4.72 Å². The second kappa shape index (κ2) is 9.51. The normalized spacial score (nSPS) is 12.7. The van der Waals surface area contributed by atoms with Gasteiger partial charge in [0, 0.05) is 17.3 Å². The first kappa shape index (κ1) is 22.5. The maximum absolute atomic E-state index is 12.8. The zero-order valence-electron chi connectivity index (χ0n) is 18.3. The highest BCUT2D eigenvalue weighted by Crippen LogP contribution is 2.32. The zero-order valence-corrected chi connectivity index (χ0v) is 19.2. The van der Waals surface area contributed by atoms with Crippen LogP contribution in [0.1, 0.15) is 16.1 Å². The third-order valence-corrected chi connectivity index (χ3v) is 6.50. The van der Waals surface area contributed by atoms with Crippen LogP contribution in [-0.4, -0.2) is 32.6 Å². The molecule has 0 atom stereocenters. The average molecular weight is 493 g/mol. The highest BCUT2D eigenvalue weighted by molar-refractivity contribution is 7.92. The number of fused-ring (bicyclic) bond motifs is 1. The molecule has 10 heteroatoms. The van der Waals surface area contributed by atoms with Gasteiger partial charge >= 0.3 is 5.97 Å². The first-order chi connectivity index (χ1) is 17.0. The quantitative estimate of drug-likeness (QED) is 0.380. The molecule has 178 valence electrons. The van der Waals surface area contributed by atoms with E-state index >= 15 is 0 Å². The number of nitrogens with one attached hydrogen (secondary N) is 1. The monoisotopic (exact) mass is 492 g/mol. The first-order valence-electron chi connectivity index (χ1n) is 10.7. The van der Waals surface area contributed by atoms with E-state index in [1.54, 1.807) is 6.07 Å². The van der Waals surface area contributed by atoms with E-state index in [1.807, 2.05) is 30.3 Å². The van der Waals surface area contributed by atoms with Gasteiger partial charge in [-0.15, -0.1) is 0 Å². The molecule has 0 unspecified atom stereocenters. The lowest BCUT2D eigenvalue weighted by Crippen LogP contribution is -2.17. The van der Waals surface area contributed by atoms with Crippen molar-refractivity contribution in [2.45, 2.75) is 11.5 Å². The molecule has 0 spiro atoms. The van der Waals surface area contributed by atoms with Crippen molar-refractivity contribution in [2.24, 2.45) is 0 Å². The maximum atomic E-state index is 12.8. The van der Waals surface area contributed by atoms with Crippen LogP contribution in [0.4, 0.5) is 5.69 Å². The molecular weight excluding hydrogens is 472 g/mol. The summed E-state index contributed by atoms with van der Waals surface area (Å²) in [4.78, 5) is 16.8. The Labute approximate surface area is 201 Å². The van der Waals surface area contributed by atoms with Crippen LogP contribution in [0, 0.1) is 0 Å². The molecule has 0 aliphatic carbocycles. The van der Waals surface area contributed by atoms with E-state index in [4.69, 9.17) is 18.6 Å². The molecule has 0 radical (unpaired) electrons. The summed E-state index contributed by atoms with van der Waals surface area (Å²) in [5.41, 5.74) is 1.85. The van der Waals surface area contributed by atoms with Crippen LogP contribution in [0.2, 0.25) is 0 Å². The number of rotatable bonds is 7. The minimum Gasteiger partial charge on any atom is -0.486 e. The minimum atomic E-state index is -3.87. The average Bonchev–Trinajstić information content (AvgIpc) is 3.37. The van der Waals surface area contributed by atoms with Crippen LogP contribution < -0.4 is 14.2 Å². The molecule has 0 fully saturated rings. The summed E-state index contributed by atoms with van der Waals surface area (Å²) in [6.07, 6.45) is 1.44. The Kier molecular flexibility index (Phi) is 6.11. The van der Waals surface area contributed by atoms with Crippen molar-refractivity contribution in [2.75, 3.05) is 17.9 Å². The Bertz CT molecular complexity index is 1450. The van der Waals surface area contributed by atoms with E-state index in [1.165, 1.54) is 42.7 Å². The molecule has 9 nitrogen and oxygen atoms in total. The number of hydrogen-bond donors (Lipinski definition) is 1. The van der Waals surface area contributed by atoms with Gasteiger partial charge in [0.25, 0.3) is 10.0 Å². The Morgan fingerprint density at radius 3 is 2.46 bits per heavy atom. The molecule has 4 aromatic rings. The fraction of sp³-hybridized carbons (Fsp3) is 0.120. The predicted octanol–water partition coefficient (Wildman–Crippen LogP) is 4.27. The minimum absolute atomic E-state index is 0.0349. The highest BCUT2D eigenvalue weighted by atomic mass is 32.2. The van der Waals surface area contributed by atoms with Gasteiger partial charge in [-0.2, -0.15) is 0 Å². The van der Waals surface area contributed by atoms with Crippen molar-refractivity contribution in [3.8, 4) is 23.0 Å². The van der Waals surface area contributed by atoms with Gasteiger partial charge < -0.3 is 18.6 Å². The van der Waals surface area contributed by atoms with E-state index in [2.05, 4.69) is 9.71 Å². The number of anilines is 1. The third kappa shape index (κ3) is 5.12. The van der Waals surface area contributed by atoms with Gasteiger partial charge in [-0.25, -0.2) is 18.2 Å². The van der Waals surface area contributed by atoms with Gasteiger partial charge in [-0.1, -0.05) is 18.2 Å². The second-order valence-electron chi connectivity index (χ2n) is 7.57. The van der Waals surface area contributed by atoms with Gasteiger partial charge in [0.15, 0.2) is 11.5 Å².